The van der Waals surface area contributed by atoms with Gasteiger partial charge in [0.15, 0.2) is 0 Å². The van der Waals surface area contributed by atoms with Crippen LogP contribution in [0.2, 0.25) is 0 Å². The zero-order chi connectivity index (χ0) is 22.8. The highest BCUT2D eigenvalue weighted by molar-refractivity contribution is 7.98. The van der Waals surface area contributed by atoms with Gasteiger partial charge in [0.05, 0.1) is 17.7 Å². The summed E-state index contributed by atoms with van der Waals surface area (Å²) in [6.45, 7) is 4.22. The Morgan fingerprint density at radius 3 is 2.33 bits per heavy atom. The van der Waals surface area contributed by atoms with Crippen LogP contribution < -0.4 is 4.74 Å². The van der Waals surface area contributed by atoms with Gasteiger partial charge in [-0.25, -0.2) is 9.67 Å². The van der Waals surface area contributed by atoms with Crippen LogP contribution in [0, 0.1) is 13.8 Å². The molecule has 2 aromatic heterocycles. The summed E-state index contributed by atoms with van der Waals surface area (Å²) in [5.41, 5.74) is 6.50. The lowest BCUT2D eigenvalue weighted by Gasteiger charge is -2.14. The first kappa shape index (κ1) is 21.1. The number of aryl methyl sites for hydroxylation is 2. The normalized spacial score (nSPS) is 11.0. The van der Waals surface area contributed by atoms with Crippen molar-refractivity contribution in [2.24, 2.45) is 0 Å². The minimum atomic E-state index is 0.789. The van der Waals surface area contributed by atoms with E-state index >= 15 is 0 Å². The van der Waals surface area contributed by atoms with Gasteiger partial charge in [-0.1, -0.05) is 30.3 Å². The van der Waals surface area contributed by atoms with Gasteiger partial charge < -0.3 is 9.30 Å². The van der Waals surface area contributed by atoms with Gasteiger partial charge in [0.2, 0.25) is 0 Å². The van der Waals surface area contributed by atoms with Crippen LogP contribution in [0.3, 0.4) is 0 Å². The van der Waals surface area contributed by atoms with E-state index in [1.165, 1.54) is 11.1 Å². The highest BCUT2D eigenvalue weighted by atomic mass is 32.2. The molecule has 0 aliphatic rings. The molecular formula is C27H24N4OS. The van der Waals surface area contributed by atoms with Crippen molar-refractivity contribution in [1.82, 2.24) is 19.3 Å². The molecule has 5 aromatic rings. The van der Waals surface area contributed by atoms with Crippen LogP contribution in [-0.2, 0) is 0 Å². The molecule has 0 saturated carbocycles. The predicted molar refractivity (Wildman–Crippen MR) is 134 cm³/mol. The van der Waals surface area contributed by atoms with Crippen molar-refractivity contribution in [3.8, 4) is 34.1 Å². The third-order valence-corrected chi connectivity index (χ3v) is 6.15. The number of nitrogens with zero attached hydrogens (tertiary/aromatic N) is 4. The molecule has 5 rings (SSSR count). The molecule has 3 aromatic carbocycles. The number of hydrogen-bond donors (Lipinski definition) is 0. The highest BCUT2D eigenvalue weighted by Crippen LogP contribution is 2.37. The molecule has 0 aliphatic carbocycles. The summed E-state index contributed by atoms with van der Waals surface area (Å²) in [6, 6.07) is 24.4. The lowest BCUT2D eigenvalue weighted by molar-refractivity contribution is 0.483. The van der Waals surface area contributed by atoms with E-state index in [0.29, 0.717) is 0 Å². The quantitative estimate of drug-likeness (QED) is 0.264. The monoisotopic (exact) mass is 452 g/mol. The van der Waals surface area contributed by atoms with Crippen LogP contribution in [0.4, 0.5) is 0 Å². The molecule has 0 radical (unpaired) electrons. The molecule has 0 fully saturated rings. The predicted octanol–water partition coefficient (Wildman–Crippen LogP) is 6.86. The summed E-state index contributed by atoms with van der Waals surface area (Å²) in [5.74, 6) is 1.60. The molecule has 33 heavy (non-hydrogen) atoms. The molecule has 0 bridgehead atoms. The minimum Gasteiger partial charge on any atom is -0.457 e. The van der Waals surface area contributed by atoms with Crippen molar-refractivity contribution in [3.63, 3.8) is 0 Å². The van der Waals surface area contributed by atoms with E-state index in [9.17, 15) is 0 Å². The molecule has 0 amide bonds. The SMILES string of the molecule is CSc1nn(-c2cc(C)ccc2C)c(-c2ccc(Oc3ccccc3)cc2)c1-n1ccnc1. The molecule has 0 saturated heterocycles. The Balaban J connectivity index is 1.67. The van der Waals surface area contributed by atoms with Gasteiger partial charge in [-0.3, -0.25) is 0 Å². The van der Waals surface area contributed by atoms with Crippen LogP contribution in [0.1, 0.15) is 11.1 Å². The van der Waals surface area contributed by atoms with Gasteiger partial charge in [0.25, 0.3) is 0 Å². The Morgan fingerprint density at radius 1 is 0.879 bits per heavy atom. The van der Waals surface area contributed by atoms with E-state index in [2.05, 4.69) is 60.1 Å². The fourth-order valence-electron chi connectivity index (χ4n) is 3.84. The Labute approximate surface area is 197 Å². The number of hydrogen-bond acceptors (Lipinski definition) is 4. The van der Waals surface area contributed by atoms with E-state index < -0.39 is 0 Å². The summed E-state index contributed by atoms with van der Waals surface area (Å²) in [5, 5.41) is 5.96. The maximum atomic E-state index is 6.01. The van der Waals surface area contributed by atoms with Crippen molar-refractivity contribution in [1.29, 1.82) is 0 Å². The van der Waals surface area contributed by atoms with Crippen molar-refractivity contribution in [3.05, 3.63) is 103 Å². The molecule has 2 heterocycles. The largest absolute Gasteiger partial charge is 0.457 e. The lowest BCUT2D eigenvalue weighted by Crippen LogP contribution is -2.03. The van der Waals surface area contributed by atoms with Crippen molar-refractivity contribution in [2.75, 3.05) is 6.26 Å². The van der Waals surface area contributed by atoms with Gasteiger partial charge in [-0.05, 0) is 73.7 Å². The summed E-state index contributed by atoms with van der Waals surface area (Å²) >= 11 is 1.63. The first-order valence-corrected chi connectivity index (χ1v) is 11.9. The molecular weight excluding hydrogens is 428 g/mol. The van der Waals surface area contributed by atoms with Gasteiger partial charge in [-0.2, -0.15) is 5.10 Å². The first-order valence-electron chi connectivity index (χ1n) is 10.7. The molecule has 0 atom stereocenters. The van der Waals surface area contributed by atoms with Gasteiger partial charge in [0, 0.05) is 18.0 Å². The number of imidazole rings is 1. The minimum absolute atomic E-state index is 0.789. The highest BCUT2D eigenvalue weighted by Gasteiger charge is 2.22. The van der Waals surface area contributed by atoms with Crippen LogP contribution in [-0.4, -0.2) is 25.6 Å². The van der Waals surface area contributed by atoms with Crippen LogP contribution in [0.15, 0.2) is 96.5 Å². The maximum absolute atomic E-state index is 6.01. The molecule has 164 valence electrons. The Kier molecular flexibility index (Phi) is 5.75. The molecule has 0 N–H and O–H groups in total. The summed E-state index contributed by atoms with van der Waals surface area (Å²) in [7, 11) is 0. The third kappa shape index (κ3) is 4.17. The number of ether oxygens (including phenoxy) is 1. The average Bonchev–Trinajstić information content (AvgIpc) is 3.49. The summed E-state index contributed by atoms with van der Waals surface area (Å²) in [6.07, 6.45) is 7.62. The summed E-state index contributed by atoms with van der Waals surface area (Å²) < 4.78 is 10.1. The van der Waals surface area contributed by atoms with Gasteiger partial charge in [0.1, 0.15) is 22.2 Å². The van der Waals surface area contributed by atoms with Crippen LogP contribution in [0.25, 0.3) is 22.6 Å². The fourth-order valence-corrected chi connectivity index (χ4v) is 4.40. The second-order valence-electron chi connectivity index (χ2n) is 7.82. The van der Waals surface area contributed by atoms with E-state index in [4.69, 9.17) is 9.84 Å². The average molecular weight is 453 g/mol. The molecule has 6 heteroatoms. The number of thioether (sulfide) groups is 1. The second kappa shape index (κ2) is 9.00. The third-order valence-electron chi connectivity index (χ3n) is 5.48. The van der Waals surface area contributed by atoms with Crippen molar-refractivity contribution >= 4 is 11.8 Å². The zero-order valence-corrected chi connectivity index (χ0v) is 19.6. The summed E-state index contributed by atoms with van der Waals surface area (Å²) in [4.78, 5) is 4.28. The fraction of sp³-hybridized carbons (Fsp3) is 0.111. The maximum Gasteiger partial charge on any atom is 0.143 e. The zero-order valence-electron chi connectivity index (χ0n) is 18.8. The standard InChI is InChI=1S/C27H24N4OS/c1-19-9-10-20(2)24(17-19)31-25(26(27(29-31)33-3)30-16-15-28-18-30)21-11-13-23(14-12-21)32-22-7-5-4-6-8-22/h4-18H,1-3H3. The van der Waals surface area contributed by atoms with Crippen LogP contribution >= 0.6 is 11.8 Å². The lowest BCUT2D eigenvalue weighted by atomic mass is 10.1. The smallest absolute Gasteiger partial charge is 0.143 e. The molecule has 0 spiro atoms. The van der Waals surface area contributed by atoms with Gasteiger partial charge in [-0.15, -0.1) is 11.8 Å². The number of benzene rings is 3. The second-order valence-corrected chi connectivity index (χ2v) is 8.61. The van der Waals surface area contributed by atoms with E-state index in [-0.39, 0.29) is 0 Å². The number of aromatic nitrogens is 4. The number of para-hydroxylation sites is 1. The molecule has 0 aliphatic heterocycles. The van der Waals surface area contributed by atoms with E-state index in [1.807, 2.05) is 59.6 Å². The Morgan fingerprint density at radius 2 is 1.64 bits per heavy atom. The van der Waals surface area contributed by atoms with E-state index in [0.717, 1.165) is 39.2 Å². The van der Waals surface area contributed by atoms with Crippen LogP contribution in [0.5, 0.6) is 11.5 Å². The van der Waals surface area contributed by atoms with Gasteiger partial charge >= 0.3 is 0 Å². The van der Waals surface area contributed by atoms with Crippen molar-refractivity contribution in [2.45, 2.75) is 18.9 Å². The Hall–Kier alpha value is -3.77. The Bertz CT molecular complexity index is 1370. The first-order chi connectivity index (χ1) is 16.1. The van der Waals surface area contributed by atoms with E-state index in [1.54, 1.807) is 18.0 Å². The topological polar surface area (TPSA) is 44.9 Å². The molecule has 0 unspecified atom stereocenters. The molecule has 5 nitrogen and oxygen atoms in total. The number of rotatable bonds is 6. The van der Waals surface area contributed by atoms with Crippen molar-refractivity contribution < 1.29 is 4.74 Å².